The molecule has 2 nitrogen and oxygen atoms in total. The highest BCUT2D eigenvalue weighted by Gasteiger charge is 2.04. The van der Waals surface area contributed by atoms with Crippen LogP contribution in [0.1, 0.15) is 18.6 Å². The first-order valence-corrected chi connectivity index (χ1v) is 6.04. The summed E-state index contributed by atoms with van der Waals surface area (Å²) in [7, 11) is 0. The molecule has 1 N–H and O–H groups in total. The fourth-order valence-electron chi connectivity index (χ4n) is 1.39. The third kappa shape index (κ3) is 3.28. The molecule has 0 fully saturated rings. The van der Waals surface area contributed by atoms with Crippen LogP contribution in [0.3, 0.4) is 0 Å². The minimum Gasteiger partial charge on any atom is -0.389 e. The quantitative estimate of drug-likeness (QED) is 0.904. The van der Waals surface area contributed by atoms with Crippen LogP contribution in [0.5, 0.6) is 0 Å². The van der Waals surface area contributed by atoms with Gasteiger partial charge >= 0.3 is 0 Å². The molecule has 1 aromatic carbocycles. The van der Waals surface area contributed by atoms with Crippen LogP contribution in [-0.4, -0.2) is 10.1 Å². The maximum absolute atomic E-state index is 13.0. The lowest BCUT2D eigenvalue weighted by molar-refractivity contribution is 0.199. The summed E-state index contributed by atoms with van der Waals surface area (Å²) < 4.78 is 13.0. The van der Waals surface area contributed by atoms with E-state index in [-0.39, 0.29) is 5.82 Å². The van der Waals surface area contributed by atoms with E-state index in [1.807, 2.05) is 6.07 Å². The molecule has 0 aliphatic carbocycles. The van der Waals surface area contributed by atoms with Gasteiger partial charge in [0.2, 0.25) is 0 Å². The van der Waals surface area contributed by atoms with Crippen molar-refractivity contribution >= 4 is 11.8 Å². The monoisotopic (exact) mass is 249 g/mol. The number of nitrogens with zero attached hydrogens (tertiary/aromatic N) is 1. The van der Waals surface area contributed by atoms with E-state index in [9.17, 15) is 9.50 Å². The lowest BCUT2D eigenvalue weighted by Crippen LogP contribution is -1.92. The first-order valence-electron chi connectivity index (χ1n) is 5.22. The smallest absolute Gasteiger partial charge is 0.124 e. The average molecular weight is 249 g/mol. The predicted molar refractivity (Wildman–Crippen MR) is 65.4 cm³/mol. The first kappa shape index (κ1) is 12.1. The highest BCUT2D eigenvalue weighted by atomic mass is 32.2. The highest BCUT2D eigenvalue weighted by molar-refractivity contribution is 7.99. The minimum absolute atomic E-state index is 0.262. The maximum Gasteiger partial charge on any atom is 0.124 e. The molecule has 0 aliphatic heterocycles. The maximum atomic E-state index is 13.0. The van der Waals surface area contributed by atoms with Gasteiger partial charge in [0.05, 0.1) is 6.10 Å². The molecule has 2 aromatic rings. The molecule has 1 aromatic heterocycles. The molecule has 2 rings (SSSR count). The Morgan fingerprint density at radius 2 is 2.12 bits per heavy atom. The van der Waals surface area contributed by atoms with Crippen LogP contribution in [0.25, 0.3) is 0 Å². The lowest BCUT2D eigenvalue weighted by Gasteiger charge is -2.06. The van der Waals surface area contributed by atoms with Crippen molar-refractivity contribution < 1.29 is 9.50 Å². The average Bonchev–Trinajstić information content (AvgIpc) is 2.29. The van der Waals surface area contributed by atoms with E-state index in [4.69, 9.17) is 0 Å². The van der Waals surface area contributed by atoms with E-state index in [0.717, 1.165) is 15.5 Å². The second kappa shape index (κ2) is 5.29. The molecule has 0 bridgehead atoms. The van der Waals surface area contributed by atoms with Crippen LogP contribution in [0.4, 0.5) is 4.39 Å². The molecule has 0 unspecified atom stereocenters. The van der Waals surface area contributed by atoms with Gasteiger partial charge in [0, 0.05) is 11.1 Å². The Kier molecular flexibility index (Phi) is 3.76. The third-order valence-electron chi connectivity index (χ3n) is 2.26. The molecule has 0 saturated carbocycles. The molecule has 0 spiro atoms. The number of aliphatic hydroxyl groups is 1. The van der Waals surface area contributed by atoms with Gasteiger partial charge in [-0.15, -0.1) is 0 Å². The zero-order valence-corrected chi connectivity index (χ0v) is 10.1. The molecule has 4 heteroatoms. The van der Waals surface area contributed by atoms with Crippen LogP contribution < -0.4 is 0 Å². The van der Waals surface area contributed by atoms with Crippen LogP contribution >= 0.6 is 11.8 Å². The van der Waals surface area contributed by atoms with Crippen LogP contribution in [0.2, 0.25) is 0 Å². The summed E-state index contributed by atoms with van der Waals surface area (Å²) >= 11 is 1.37. The van der Waals surface area contributed by atoms with Gasteiger partial charge in [-0.2, -0.15) is 0 Å². The topological polar surface area (TPSA) is 33.1 Å². The van der Waals surface area contributed by atoms with Gasteiger partial charge in [-0.3, -0.25) is 0 Å². The van der Waals surface area contributed by atoms with E-state index in [1.54, 1.807) is 31.3 Å². The minimum atomic E-state index is -0.523. The van der Waals surface area contributed by atoms with Gasteiger partial charge in [-0.1, -0.05) is 17.8 Å². The van der Waals surface area contributed by atoms with Crippen molar-refractivity contribution in [2.45, 2.75) is 22.9 Å². The van der Waals surface area contributed by atoms with Crippen LogP contribution in [0, 0.1) is 5.82 Å². The molecular formula is C13H12FNOS. The number of hydrogen-bond donors (Lipinski definition) is 1. The Labute approximate surface area is 104 Å². The number of hydrogen-bond acceptors (Lipinski definition) is 3. The molecule has 0 amide bonds. The van der Waals surface area contributed by atoms with Crippen LogP contribution in [0.15, 0.2) is 52.5 Å². The number of pyridine rings is 1. The molecular weight excluding hydrogens is 237 g/mol. The first-order chi connectivity index (χ1) is 8.15. The Morgan fingerprint density at radius 3 is 2.82 bits per heavy atom. The summed E-state index contributed by atoms with van der Waals surface area (Å²) in [6, 6.07) is 9.92. The zero-order chi connectivity index (χ0) is 12.3. The summed E-state index contributed by atoms with van der Waals surface area (Å²) in [6.45, 7) is 1.70. The van der Waals surface area contributed by atoms with E-state index >= 15 is 0 Å². The molecule has 0 saturated heterocycles. The van der Waals surface area contributed by atoms with Crippen molar-refractivity contribution in [3.05, 3.63) is 54.0 Å². The lowest BCUT2D eigenvalue weighted by atomic mass is 10.2. The summed E-state index contributed by atoms with van der Waals surface area (Å²) in [5.74, 6) is -0.262. The second-order valence-electron chi connectivity index (χ2n) is 3.66. The Morgan fingerprint density at radius 1 is 1.29 bits per heavy atom. The van der Waals surface area contributed by atoms with Gasteiger partial charge in [0.25, 0.3) is 0 Å². The molecule has 88 valence electrons. The number of rotatable bonds is 3. The van der Waals surface area contributed by atoms with Crippen molar-refractivity contribution in [1.82, 2.24) is 4.98 Å². The fourth-order valence-corrected chi connectivity index (χ4v) is 2.26. The number of halogens is 1. The Balaban J connectivity index is 2.21. The van der Waals surface area contributed by atoms with Gasteiger partial charge in [-0.25, -0.2) is 9.37 Å². The van der Waals surface area contributed by atoms with Gasteiger partial charge in [-0.05, 0) is 42.8 Å². The second-order valence-corrected chi connectivity index (χ2v) is 4.76. The molecule has 0 aliphatic rings. The SMILES string of the molecule is C[C@H](O)c1ccnc(Sc2cccc(F)c2)c1. The van der Waals surface area contributed by atoms with E-state index < -0.39 is 6.10 Å². The van der Waals surface area contributed by atoms with Crippen LogP contribution in [-0.2, 0) is 0 Å². The summed E-state index contributed by atoms with van der Waals surface area (Å²) in [5, 5.41) is 10.2. The Bertz CT molecular complexity index is 516. The van der Waals surface area contributed by atoms with Crippen molar-refractivity contribution in [2.75, 3.05) is 0 Å². The summed E-state index contributed by atoms with van der Waals surface area (Å²) in [6.07, 6.45) is 1.12. The number of aromatic nitrogens is 1. The number of aliphatic hydroxyl groups excluding tert-OH is 1. The summed E-state index contributed by atoms with van der Waals surface area (Å²) in [4.78, 5) is 4.97. The summed E-state index contributed by atoms with van der Waals surface area (Å²) in [5.41, 5.74) is 0.805. The molecule has 1 atom stereocenters. The van der Waals surface area contributed by atoms with Gasteiger partial charge in [0.15, 0.2) is 0 Å². The van der Waals surface area contributed by atoms with E-state index in [1.165, 1.54) is 23.9 Å². The van der Waals surface area contributed by atoms with Crippen molar-refractivity contribution in [1.29, 1.82) is 0 Å². The largest absolute Gasteiger partial charge is 0.389 e. The predicted octanol–water partition coefficient (Wildman–Crippen LogP) is 3.43. The fraction of sp³-hybridized carbons (Fsp3) is 0.154. The highest BCUT2D eigenvalue weighted by Crippen LogP contribution is 2.27. The standard InChI is InChI=1S/C13H12FNOS/c1-9(16)10-5-6-15-13(7-10)17-12-4-2-3-11(14)8-12/h2-9,16H,1H3/t9-/m0/s1. The number of benzene rings is 1. The van der Waals surface area contributed by atoms with E-state index in [0.29, 0.717) is 0 Å². The van der Waals surface area contributed by atoms with Gasteiger partial charge < -0.3 is 5.11 Å². The Hall–Kier alpha value is -1.39. The van der Waals surface area contributed by atoms with Gasteiger partial charge in [0.1, 0.15) is 10.8 Å². The van der Waals surface area contributed by atoms with Crippen molar-refractivity contribution in [2.24, 2.45) is 0 Å². The molecule has 1 heterocycles. The normalized spacial score (nSPS) is 12.4. The zero-order valence-electron chi connectivity index (χ0n) is 9.30. The molecule has 17 heavy (non-hydrogen) atoms. The van der Waals surface area contributed by atoms with E-state index in [2.05, 4.69) is 4.98 Å². The van der Waals surface area contributed by atoms with Crippen molar-refractivity contribution in [3.63, 3.8) is 0 Å². The molecule has 0 radical (unpaired) electrons. The third-order valence-corrected chi connectivity index (χ3v) is 3.18. The van der Waals surface area contributed by atoms with Crippen molar-refractivity contribution in [3.8, 4) is 0 Å².